The number of carbonyl (C=O) groups excluding carboxylic acids is 3. The van der Waals surface area contributed by atoms with Gasteiger partial charge in [-0.1, -0.05) is 36.4 Å². The second-order valence-electron chi connectivity index (χ2n) is 20.1. The number of aliphatic hydroxyl groups is 3. The summed E-state index contributed by atoms with van der Waals surface area (Å²) in [4.78, 5) is 36.3. The van der Waals surface area contributed by atoms with E-state index in [2.05, 4.69) is 44.4 Å². The number of rotatable bonds is 27. The van der Waals surface area contributed by atoms with E-state index in [1.165, 1.54) is 18.2 Å². The van der Waals surface area contributed by atoms with Gasteiger partial charge in [-0.25, -0.2) is 0 Å². The minimum atomic E-state index is -5.03. The van der Waals surface area contributed by atoms with Crippen LogP contribution < -0.4 is 30.2 Å². The molecule has 3 fully saturated rings. The fourth-order valence-corrected chi connectivity index (χ4v) is 8.65. The Morgan fingerprint density at radius 2 is 0.600 bits per heavy atom. The van der Waals surface area contributed by atoms with Gasteiger partial charge < -0.3 is 59.7 Å². The quantitative estimate of drug-likeness (QED) is 0.0395. The van der Waals surface area contributed by atoms with Crippen LogP contribution in [0.5, 0.6) is 17.2 Å². The molecule has 15 nitrogen and oxygen atoms in total. The first kappa shape index (κ1) is 76.0. The first-order valence-electron chi connectivity index (χ1n) is 25.6. The predicted octanol–water partition coefficient (Wildman–Crippen LogP) is 12.2. The van der Waals surface area contributed by atoms with E-state index in [1.54, 1.807) is 0 Å². The van der Waals surface area contributed by atoms with Gasteiger partial charge in [0.15, 0.2) is 0 Å². The molecule has 90 heavy (non-hydrogen) atoms. The Morgan fingerprint density at radius 1 is 0.389 bits per heavy atom. The SMILES string of the molecule is O=C(CC(O)C1(C(F)(F)F)CC1)N[C@@H](COC(F)F)c1cccc(OC(F)(F)F)c1.O=C(C[C@@H](O)C1(C(F)(F)F)CC1)N[C@@H](COC(F)F)c1cccc(OC(F)(F)F)c1.O=C(C[C@H](O)C1(C(F)(F)F)CC1)N[C@@H](COC(F)F)c1cccc(OC(F)(F)F)c1. The summed E-state index contributed by atoms with van der Waals surface area (Å²) in [5.41, 5.74) is -7.59. The van der Waals surface area contributed by atoms with E-state index in [9.17, 15) is 135 Å². The Bertz CT molecular complexity index is 2490. The molecule has 3 aromatic rings. The van der Waals surface area contributed by atoms with E-state index in [0.717, 1.165) is 54.6 Å². The highest BCUT2D eigenvalue weighted by molar-refractivity contribution is 5.78. The molecule has 510 valence electrons. The number of benzene rings is 3. The number of nitrogens with one attached hydrogen (secondary N) is 3. The van der Waals surface area contributed by atoms with Crippen LogP contribution in [-0.4, -0.2) is 129 Å². The van der Waals surface area contributed by atoms with Crippen molar-refractivity contribution in [2.45, 2.75) is 152 Å². The van der Waals surface area contributed by atoms with Crippen molar-refractivity contribution in [3.8, 4) is 17.2 Å². The van der Waals surface area contributed by atoms with Crippen LogP contribution in [0, 0.1) is 16.2 Å². The van der Waals surface area contributed by atoms with Gasteiger partial charge in [0.25, 0.3) is 0 Å². The Labute approximate surface area is 491 Å². The van der Waals surface area contributed by atoms with Gasteiger partial charge in [0.05, 0.1) is 91.8 Å². The molecule has 1 unspecified atom stereocenters. The fourth-order valence-electron chi connectivity index (χ4n) is 8.65. The van der Waals surface area contributed by atoms with Crippen LogP contribution in [0.2, 0.25) is 0 Å². The van der Waals surface area contributed by atoms with Gasteiger partial charge in [0.2, 0.25) is 17.7 Å². The summed E-state index contributed by atoms with van der Waals surface area (Å²) in [6.45, 7) is -12.5. The molecule has 0 aliphatic heterocycles. The van der Waals surface area contributed by atoms with Crippen molar-refractivity contribution in [3.05, 3.63) is 89.5 Å². The topological polar surface area (TPSA) is 203 Å². The molecular weight excluding hydrogens is 1300 g/mol. The number of aliphatic hydroxyl groups excluding tert-OH is 3. The average molecular weight is 1350 g/mol. The number of ether oxygens (including phenoxy) is 6. The van der Waals surface area contributed by atoms with Crippen molar-refractivity contribution in [1.29, 1.82) is 0 Å². The summed E-state index contributed by atoms with van der Waals surface area (Å²) in [7, 11) is 0. The van der Waals surface area contributed by atoms with Gasteiger partial charge in [-0.15, -0.1) is 39.5 Å². The first-order chi connectivity index (χ1) is 41.2. The van der Waals surface area contributed by atoms with Gasteiger partial charge in [-0.05, 0) is 91.6 Å². The van der Waals surface area contributed by atoms with Gasteiger partial charge in [-0.2, -0.15) is 65.9 Å². The molecule has 6 atom stereocenters. The molecule has 0 radical (unpaired) electrons. The molecule has 0 saturated heterocycles. The molecule has 3 amide bonds. The molecule has 3 aliphatic rings. The van der Waals surface area contributed by atoms with Crippen molar-refractivity contribution in [2.24, 2.45) is 16.2 Å². The number of halogens is 24. The van der Waals surface area contributed by atoms with Crippen LogP contribution >= 0.6 is 0 Å². The maximum atomic E-state index is 13.0. The summed E-state index contributed by atoms with van der Waals surface area (Å²) in [5, 5.41) is 35.8. The number of carbonyl (C=O) groups is 3. The van der Waals surface area contributed by atoms with E-state index in [-0.39, 0.29) is 55.2 Å². The standard InChI is InChI=1S/3C17H17F8NO4/c3*18-14(19)29-8-11(9-2-1-3-10(6-9)30-17(23,24)25)26-13(28)7-12(27)15(4-5-15)16(20,21)22/h3*1-3,6,11-12,14,27H,4-5,7-8H2,(H,26,28)/t11-,12?;11-,12+;11-,12-/m000/s1. The third-order valence-corrected chi connectivity index (χ3v) is 13.8. The van der Waals surface area contributed by atoms with E-state index in [0.29, 0.717) is 0 Å². The molecule has 0 heterocycles. The predicted molar refractivity (Wildman–Crippen MR) is 253 cm³/mol. The van der Waals surface area contributed by atoms with Crippen LogP contribution in [0.3, 0.4) is 0 Å². The number of hydrogen-bond acceptors (Lipinski definition) is 12. The maximum Gasteiger partial charge on any atom is 0.573 e. The van der Waals surface area contributed by atoms with E-state index >= 15 is 0 Å². The van der Waals surface area contributed by atoms with Crippen LogP contribution in [0.15, 0.2) is 72.8 Å². The Kier molecular flexibility index (Phi) is 25.6. The highest BCUT2D eigenvalue weighted by Crippen LogP contribution is 2.62. The molecule has 0 bridgehead atoms. The first-order valence-corrected chi connectivity index (χ1v) is 25.6. The highest BCUT2D eigenvalue weighted by atomic mass is 19.4. The lowest BCUT2D eigenvalue weighted by Gasteiger charge is -2.26. The van der Waals surface area contributed by atoms with Gasteiger partial charge in [0, 0.05) is 0 Å². The molecule has 6 rings (SSSR count). The van der Waals surface area contributed by atoms with Gasteiger partial charge >= 0.3 is 57.5 Å². The van der Waals surface area contributed by atoms with Crippen LogP contribution in [0.4, 0.5) is 105 Å². The normalized spacial score (nSPS) is 18.1. The average Bonchev–Trinajstić information content (AvgIpc) is 1.62. The van der Waals surface area contributed by atoms with Crippen LogP contribution in [0.25, 0.3) is 0 Å². The zero-order valence-electron chi connectivity index (χ0n) is 45.2. The summed E-state index contributed by atoms with van der Waals surface area (Å²) in [6.07, 6.45) is -40.6. The van der Waals surface area contributed by atoms with E-state index in [4.69, 9.17) is 0 Å². The van der Waals surface area contributed by atoms with Gasteiger partial charge in [-0.3, -0.25) is 14.4 Å². The second-order valence-corrected chi connectivity index (χ2v) is 20.1. The number of alkyl halides is 24. The lowest BCUT2D eigenvalue weighted by molar-refractivity contribution is -0.275. The lowest BCUT2D eigenvalue weighted by Crippen LogP contribution is -2.41. The van der Waals surface area contributed by atoms with Crippen LogP contribution in [-0.2, 0) is 28.6 Å². The molecule has 3 saturated carbocycles. The van der Waals surface area contributed by atoms with Crippen molar-refractivity contribution >= 4 is 17.7 Å². The minimum Gasteiger partial charge on any atom is -0.406 e. The van der Waals surface area contributed by atoms with E-state index < -0.39 is 184 Å². The zero-order chi connectivity index (χ0) is 68.2. The van der Waals surface area contributed by atoms with E-state index in [1.807, 2.05) is 0 Å². The summed E-state index contributed by atoms with van der Waals surface area (Å²) in [5.74, 6) is -5.48. The largest absolute Gasteiger partial charge is 0.573 e. The minimum absolute atomic E-state index is 0.128. The lowest BCUT2D eigenvalue weighted by atomic mass is 9.95. The zero-order valence-corrected chi connectivity index (χ0v) is 45.2. The van der Waals surface area contributed by atoms with Gasteiger partial charge in [0.1, 0.15) is 17.2 Å². The molecule has 6 N–H and O–H groups in total. The molecule has 3 aliphatic carbocycles. The Balaban J connectivity index is 0.000000288. The van der Waals surface area contributed by atoms with Crippen molar-refractivity contribution < 1.29 is 163 Å². The second kappa shape index (κ2) is 30.3. The Hall–Kier alpha value is -6.45. The maximum absolute atomic E-state index is 13.0. The smallest absolute Gasteiger partial charge is 0.406 e. The third-order valence-electron chi connectivity index (χ3n) is 13.8. The van der Waals surface area contributed by atoms with Crippen LogP contribution in [0.1, 0.15) is 92.6 Å². The molecule has 0 aromatic heterocycles. The molecular formula is C51H51F24N3O12. The summed E-state index contributed by atoms with van der Waals surface area (Å²) < 4.78 is 326. The Morgan fingerprint density at radius 3 is 0.767 bits per heavy atom. The van der Waals surface area contributed by atoms with Crippen molar-refractivity contribution in [2.75, 3.05) is 19.8 Å². The number of amides is 3. The molecule has 3 aromatic carbocycles. The molecule has 0 spiro atoms. The van der Waals surface area contributed by atoms with Crippen molar-refractivity contribution in [3.63, 3.8) is 0 Å². The molecule has 39 heteroatoms. The summed E-state index contributed by atoms with van der Waals surface area (Å²) >= 11 is 0. The monoisotopic (exact) mass is 1350 g/mol. The van der Waals surface area contributed by atoms with Crippen molar-refractivity contribution in [1.82, 2.24) is 16.0 Å². The highest BCUT2D eigenvalue weighted by Gasteiger charge is 2.69. The number of hydrogen-bond donors (Lipinski definition) is 6. The fraction of sp³-hybridized carbons (Fsp3) is 0.588. The summed E-state index contributed by atoms with van der Waals surface area (Å²) in [6, 6.07) is 7.71. The third kappa shape index (κ3) is 23.7.